The minimum Gasteiger partial charge on any atom is -0.545 e. The molecule has 10 heavy (non-hydrogen) atoms. The van der Waals surface area contributed by atoms with Crippen LogP contribution in [0.1, 0.15) is 10.4 Å². The number of hydrogen-bond donors (Lipinski definition) is 0. The van der Waals surface area contributed by atoms with Gasteiger partial charge in [-0.2, -0.15) is 0 Å². The Balaban J connectivity index is 3.00. The van der Waals surface area contributed by atoms with E-state index in [0.717, 1.165) is 0 Å². The Hall–Kier alpha value is -1.38. The van der Waals surface area contributed by atoms with E-state index in [1.54, 1.807) is 17.0 Å². The first-order chi connectivity index (χ1) is 4.70. The van der Waals surface area contributed by atoms with Crippen LogP contribution in [0, 0.1) is 0 Å². The Kier molecular flexibility index (Phi) is 1.67. The Morgan fingerprint density at radius 2 is 2.00 bits per heavy atom. The molecule has 1 heterocycles. The zero-order chi connectivity index (χ0) is 7.56. The molecule has 0 spiro atoms. The molecule has 0 amide bonds. The lowest BCUT2D eigenvalue weighted by Gasteiger charge is -1.97. The molecule has 0 aromatic carbocycles. The van der Waals surface area contributed by atoms with E-state index in [9.17, 15) is 9.90 Å². The Morgan fingerprint density at radius 3 is 2.40 bits per heavy atom. The van der Waals surface area contributed by atoms with Crippen molar-refractivity contribution in [1.82, 2.24) is 0 Å². The van der Waals surface area contributed by atoms with Crippen molar-refractivity contribution in [3.8, 4) is 0 Å². The molecule has 3 heteroatoms. The molecule has 1 aromatic rings. The maximum Gasteiger partial charge on any atom is 0.169 e. The average molecular weight is 137 g/mol. The summed E-state index contributed by atoms with van der Waals surface area (Å²) >= 11 is 0. The van der Waals surface area contributed by atoms with Crippen LogP contribution in [0.15, 0.2) is 24.5 Å². The van der Waals surface area contributed by atoms with Gasteiger partial charge in [-0.1, -0.05) is 0 Å². The van der Waals surface area contributed by atoms with Crippen LogP contribution in [-0.4, -0.2) is 5.97 Å². The van der Waals surface area contributed by atoms with Gasteiger partial charge in [-0.25, -0.2) is 4.57 Å². The second kappa shape index (κ2) is 2.47. The van der Waals surface area contributed by atoms with Crippen molar-refractivity contribution in [1.29, 1.82) is 0 Å². The quantitative estimate of drug-likeness (QED) is 0.460. The van der Waals surface area contributed by atoms with Crippen molar-refractivity contribution < 1.29 is 14.5 Å². The van der Waals surface area contributed by atoms with Crippen LogP contribution in [0.4, 0.5) is 0 Å². The summed E-state index contributed by atoms with van der Waals surface area (Å²) in [6.45, 7) is 0. The van der Waals surface area contributed by atoms with E-state index >= 15 is 0 Å². The lowest BCUT2D eigenvalue weighted by Crippen LogP contribution is -2.29. The molecule has 0 atom stereocenters. The second-order valence-electron chi connectivity index (χ2n) is 2.04. The van der Waals surface area contributed by atoms with Gasteiger partial charge in [0, 0.05) is 17.7 Å². The highest BCUT2D eigenvalue weighted by Gasteiger charge is 1.93. The number of aryl methyl sites for hydroxylation is 1. The summed E-state index contributed by atoms with van der Waals surface area (Å²) in [5.74, 6) is -1.14. The molecule has 0 aliphatic carbocycles. The minimum absolute atomic E-state index is 0.207. The molecular weight excluding hydrogens is 130 g/mol. The van der Waals surface area contributed by atoms with Crippen LogP contribution in [0.25, 0.3) is 0 Å². The van der Waals surface area contributed by atoms with E-state index in [-0.39, 0.29) is 5.56 Å². The van der Waals surface area contributed by atoms with Gasteiger partial charge in [-0.3, -0.25) is 0 Å². The third kappa shape index (κ3) is 1.31. The molecule has 0 N–H and O–H groups in total. The highest BCUT2D eigenvalue weighted by Crippen LogP contribution is 1.90. The lowest BCUT2D eigenvalue weighted by atomic mass is 10.3. The fourth-order valence-corrected chi connectivity index (χ4v) is 0.637. The van der Waals surface area contributed by atoms with Crippen molar-refractivity contribution in [3.63, 3.8) is 0 Å². The number of aromatic nitrogens is 1. The van der Waals surface area contributed by atoms with Crippen molar-refractivity contribution in [3.05, 3.63) is 30.1 Å². The molecule has 1 aromatic heterocycles. The average Bonchev–Trinajstić information content (AvgIpc) is 1.88. The molecule has 0 saturated heterocycles. The van der Waals surface area contributed by atoms with Gasteiger partial charge in [0.15, 0.2) is 12.4 Å². The number of rotatable bonds is 1. The number of carboxylic acids is 1. The zero-order valence-corrected chi connectivity index (χ0v) is 5.57. The van der Waals surface area contributed by atoms with Crippen molar-refractivity contribution >= 4 is 5.97 Å². The maximum absolute atomic E-state index is 10.2. The summed E-state index contributed by atoms with van der Waals surface area (Å²) in [4.78, 5) is 10.2. The van der Waals surface area contributed by atoms with Crippen molar-refractivity contribution in [2.45, 2.75) is 0 Å². The number of carboxylic acid groups (broad SMARTS) is 1. The van der Waals surface area contributed by atoms with Gasteiger partial charge in [0.2, 0.25) is 0 Å². The van der Waals surface area contributed by atoms with Gasteiger partial charge >= 0.3 is 0 Å². The Bertz CT molecular complexity index is 240. The molecule has 3 nitrogen and oxygen atoms in total. The highest BCUT2D eigenvalue weighted by atomic mass is 16.4. The summed E-state index contributed by atoms with van der Waals surface area (Å²) in [5, 5.41) is 10.2. The largest absolute Gasteiger partial charge is 0.545 e. The second-order valence-corrected chi connectivity index (χ2v) is 2.04. The third-order valence-corrected chi connectivity index (χ3v) is 1.21. The number of hydrogen-bond acceptors (Lipinski definition) is 2. The normalized spacial score (nSPS) is 9.30. The number of pyridine rings is 1. The molecule has 0 aliphatic rings. The van der Waals surface area contributed by atoms with Crippen LogP contribution in [0.2, 0.25) is 0 Å². The van der Waals surface area contributed by atoms with Crippen LogP contribution in [0.3, 0.4) is 0 Å². The minimum atomic E-state index is -1.14. The van der Waals surface area contributed by atoms with Crippen LogP contribution in [-0.2, 0) is 7.05 Å². The molecule has 1 rings (SSSR count). The fourth-order valence-electron chi connectivity index (χ4n) is 0.637. The fraction of sp³-hybridized carbons (Fsp3) is 0.143. The van der Waals surface area contributed by atoms with Crippen LogP contribution < -0.4 is 9.67 Å². The van der Waals surface area contributed by atoms with Gasteiger partial charge in [0.1, 0.15) is 7.05 Å². The summed E-state index contributed by atoms with van der Waals surface area (Å²) in [7, 11) is 1.82. The van der Waals surface area contributed by atoms with Gasteiger partial charge in [0.25, 0.3) is 0 Å². The molecule has 52 valence electrons. The van der Waals surface area contributed by atoms with E-state index < -0.39 is 5.97 Å². The molecule has 0 aliphatic heterocycles. The van der Waals surface area contributed by atoms with E-state index in [4.69, 9.17) is 0 Å². The first-order valence-corrected chi connectivity index (χ1v) is 2.87. The zero-order valence-electron chi connectivity index (χ0n) is 5.57. The Morgan fingerprint density at radius 1 is 1.50 bits per heavy atom. The predicted octanol–water partition coefficient (Wildman–Crippen LogP) is -1.13. The molecule has 0 bridgehead atoms. The van der Waals surface area contributed by atoms with Gasteiger partial charge in [0.05, 0.1) is 5.97 Å². The number of aromatic carboxylic acids is 1. The van der Waals surface area contributed by atoms with Crippen LogP contribution in [0.5, 0.6) is 0 Å². The predicted molar refractivity (Wildman–Crippen MR) is 31.9 cm³/mol. The lowest BCUT2D eigenvalue weighted by molar-refractivity contribution is -0.671. The Labute approximate surface area is 58.5 Å². The number of carbonyl (C=O) groups excluding carboxylic acids is 1. The van der Waals surface area contributed by atoms with E-state index in [0.29, 0.717) is 0 Å². The van der Waals surface area contributed by atoms with Crippen LogP contribution >= 0.6 is 0 Å². The third-order valence-electron chi connectivity index (χ3n) is 1.21. The first-order valence-electron chi connectivity index (χ1n) is 2.87. The van der Waals surface area contributed by atoms with Gasteiger partial charge in [-0.15, -0.1) is 0 Å². The summed E-state index contributed by atoms with van der Waals surface area (Å²) in [5.41, 5.74) is 0.207. The smallest absolute Gasteiger partial charge is 0.169 e. The highest BCUT2D eigenvalue weighted by molar-refractivity contribution is 5.85. The first kappa shape index (κ1) is 6.74. The SMILES string of the molecule is C[n+]1ccc(C(=O)[O-])cc1. The maximum atomic E-state index is 10.2. The number of nitrogens with zero attached hydrogens (tertiary/aromatic N) is 1. The molecular formula is C7H7NO2. The summed E-state index contributed by atoms with van der Waals surface area (Å²) in [6.07, 6.45) is 3.32. The molecule has 0 unspecified atom stereocenters. The molecule has 0 fully saturated rings. The number of carbonyl (C=O) groups is 1. The summed E-state index contributed by atoms with van der Waals surface area (Å²) in [6, 6.07) is 2.99. The molecule has 0 saturated carbocycles. The van der Waals surface area contributed by atoms with Gasteiger partial charge in [-0.05, 0) is 0 Å². The van der Waals surface area contributed by atoms with Crippen molar-refractivity contribution in [2.24, 2.45) is 7.05 Å². The van der Waals surface area contributed by atoms with E-state index in [1.165, 1.54) is 12.1 Å². The topological polar surface area (TPSA) is 44.0 Å². The monoisotopic (exact) mass is 137 g/mol. The van der Waals surface area contributed by atoms with Gasteiger partial charge < -0.3 is 9.90 Å². The van der Waals surface area contributed by atoms with E-state index in [1.807, 2.05) is 7.05 Å². The summed E-state index contributed by atoms with van der Waals surface area (Å²) < 4.78 is 1.76. The molecule has 0 radical (unpaired) electrons. The van der Waals surface area contributed by atoms with E-state index in [2.05, 4.69) is 0 Å². The standard InChI is InChI=1S/C7H7NO2/c1-8-4-2-6(3-5-8)7(9)10/h2-5H,1H3. The van der Waals surface area contributed by atoms with Crippen molar-refractivity contribution in [2.75, 3.05) is 0 Å².